The van der Waals surface area contributed by atoms with Crippen LogP contribution in [0.4, 0.5) is 0 Å². The summed E-state index contributed by atoms with van der Waals surface area (Å²) in [4.78, 5) is 29.4. The minimum atomic E-state index is -1.96. The minimum Gasteiger partial charge on any atom is -0.388 e. The van der Waals surface area contributed by atoms with Crippen molar-refractivity contribution in [1.29, 1.82) is 0 Å². The highest BCUT2D eigenvalue weighted by atomic mass is 35.5. The molecule has 2 N–H and O–H groups in total. The van der Waals surface area contributed by atoms with Crippen LogP contribution in [0, 0.1) is 6.92 Å². The Morgan fingerprint density at radius 1 is 1.40 bits per heavy atom. The molecule has 0 saturated carbocycles. The van der Waals surface area contributed by atoms with Crippen molar-refractivity contribution in [3.05, 3.63) is 79.2 Å². The Balaban J connectivity index is 1.78. The minimum absolute atomic E-state index is 0.0408. The van der Waals surface area contributed by atoms with Crippen molar-refractivity contribution in [3.63, 3.8) is 0 Å². The number of aromatic amines is 1. The van der Waals surface area contributed by atoms with Gasteiger partial charge in [-0.25, -0.2) is 4.79 Å². The first-order chi connectivity index (χ1) is 12.2. The van der Waals surface area contributed by atoms with Gasteiger partial charge in [0.25, 0.3) is 5.56 Å². The van der Waals surface area contributed by atoms with Gasteiger partial charge in [0.2, 0.25) is 5.89 Å². The molecule has 8 nitrogen and oxygen atoms in total. The third kappa shape index (κ3) is 4.04. The van der Waals surface area contributed by atoms with E-state index < -0.39 is 17.3 Å². The molecular formula is C16H15ClN4O4. The van der Waals surface area contributed by atoms with Gasteiger partial charge in [-0.1, -0.05) is 28.9 Å². The van der Waals surface area contributed by atoms with E-state index >= 15 is 0 Å². The Morgan fingerprint density at radius 3 is 2.84 bits per heavy atom. The molecule has 2 aromatic heterocycles. The van der Waals surface area contributed by atoms with Gasteiger partial charge < -0.3 is 9.63 Å². The van der Waals surface area contributed by atoms with Crippen LogP contribution in [0.15, 0.2) is 44.6 Å². The van der Waals surface area contributed by atoms with Crippen molar-refractivity contribution in [2.24, 2.45) is 0 Å². The molecule has 3 rings (SSSR count). The number of hydrogen-bond acceptors (Lipinski definition) is 6. The smallest absolute Gasteiger partial charge is 0.328 e. The number of aryl methyl sites for hydroxylation is 1. The van der Waals surface area contributed by atoms with E-state index in [1.807, 2.05) is 0 Å². The van der Waals surface area contributed by atoms with E-state index in [-0.39, 0.29) is 24.7 Å². The predicted molar refractivity (Wildman–Crippen MR) is 89.6 cm³/mol. The fourth-order valence-corrected chi connectivity index (χ4v) is 2.33. The second-order valence-corrected chi connectivity index (χ2v) is 5.87. The van der Waals surface area contributed by atoms with E-state index in [4.69, 9.17) is 17.5 Å². The fraction of sp³-hybridized carbons (Fsp3) is 0.250. The first kappa shape index (κ1) is 15.8. The van der Waals surface area contributed by atoms with E-state index in [2.05, 4.69) is 15.1 Å². The summed E-state index contributed by atoms with van der Waals surface area (Å²) >= 11 is 5.80. The SMILES string of the molecule is [2H][C@](O)(Cc1noc(Cn2cc(C)c(=O)[nH]c2=O)n1)c1ccc(Cl)cc1. The summed E-state index contributed by atoms with van der Waals surface area (Å²) in [6, 6.07) is 6.23. The van der Waals surface area contributed by atoms with Gasteiger partial charge in [0.1, 0.15) is 6.54 Å². The first-order valence-corrected chi connectivity index (χ1v) is 7.73. The Bertz CT molecular complexity index is 1040. The van der Waals surface area contributed by atoms with Crippen molar-refractivity contribution in [2.45, 2.75) is 26.0 Å². The molecule has 130 valence electrons. The van der Waals surface area contributed by atoms with Gasteiger partial charge in [-0.05, 0) is 24.6 Å². The van der Waals surface area contributed by atoms with Crippen molar-refractivity contribution in [1.82, 2.24) is 19.7 Å². The lowest BCUT2D eigenvalue weighted by Crippen LogP contribution is -2.31. The molecule has 0 amide bonds. The number of halogens is 1. The molecule has 0 bridgehead atoms. The van der Waals surface area contributed by atoms with E-state index in [9.17, 15) is 14.7 Å². The molecule has 0 radical (unpaired) electrons. The van der Waals surface area contributed by atoms with Crippen molar-refractivity contribution >= 4 is 11.6 Å². The summed E-state index contributed by atoms with van der Waals surface area (Å²) in [5.74, 6) is 0.224. The van der Waals surface area contributed by atoms with Gasteiger partial charge in [0.05, 0.1) is 7.45 Å². The van der Waals surface area contributed by atoms with E-state index in [0.717, 1.165) is 0 Å². The molecule has 9 heteroatoms. The standard InChI is InChI=1S/C16H15ClN4O4/c1-9-7-21(16(24)19-15(9)23)8-14-18-13(20-25-14)6-12(22)10-2-4-11(17)5-3-10/h2-5,7,12,22H,6,8H2,1H3,(H,19,23,24)/t12-/m0/s1/i12D. The molecule has 25 heavy (non-hydrogen) atoms. The summed E-state index contributed by atoms with van der Waals surface area (Å²) < 4.78 is 14.4. The number of benzene rings is 1. The number of aliphatic hydroxyl groups is 1. The lowest BCUT2D eigenvalue weighted by atomic mass is 10.1. The second-order valence-electron chi connectivity index (χ2n) is 5.43. The maximum atomic E-state index is 11.8. The summed E-state index contributed by atoms with van der Waals surface area (Å²) in [6.07, 6.45) is -0.783. The molecule has 2 heterocycles. The van der Waals surface area contributed by atoms with E-state index in [0.29, 0.717) is 16.1 Å². The summed E-state index contributed by atoms with van der Waals surface area (Å²) in [5, 5.41) is 14.6. The van der Waals surface area contributed by atoms with Gasteiger partial charge in [0, 0.05) is 23.2 Å². The highest BCUT2D eigenvalue weighted by Crippen LogP contribution is 2.19. The van der Waals surface area contributed by atoms with Gasteiger partial charge in [-0.3, -0.25) is 14.3 Å². The monoisotopic (exact) mass is 363 g/mol. The topological polar surface area (TPSA) is 114 Å². The molecule has 3 aromatic rings. The van der Waals surface area contributed by atoms with E-state index in [1.54, 1.807) is 31.2 Å². The average molecular weight is 364 g/mol. The van der Waals surface area contributed by atoms with Gasteiger partial charge in [-0.15, -0.1) is 0 Å². The van der Waals surface area contributed by atoms with Crippen molar-refractivity contribution in [3.8, 4) is 0 Å². The van der Waals surface area contributed by atoms with Crippen LogP contribution in [0.25, 0.3) is 0 Å². The molecule has 1 atom stereocenters. The number of aromatic nitrogens is 4. The van der Waals surface area contributed by atoms with Crippen LogP contribution < -0.4 is 11.2 Å². The van der Waals surface area contributed by atoms with Crippen LogP contribution in [-0.2, 0) is 13.0 Å². The number of nitrogens with zero attached hydrogens (tertiary/aromatic N) is 3. The van der Waals surface area contributed by atoms with Gasteiger partial charge in [0.15, 0.2) is 5.82 Å². The number of rotatable bonds is 5. The van der Waals surface area contributed by atoms with Crippen LogP contribution in [0.5, 0.6) is 0 Å². The molecule has 0 fully saturated rings. The Morgan fingerprint density at radius 2 is 2.12 bits per heavy atom. The number of hydrogen-bond donors (Lipinski definition) is 2. The average Bonchev–Trinajstić information content (AvgIpc) is 2.99. The normalized spacial score (nSPS) is 14.1. The maximum Gasteiger partial charge on any atom is 0.328 e. The summed E-state index contributed by atoms with van der Waals surface area (Å²) in [5.41, 5.74) is -0.355. The quantitative estimate of drug-likeness (QED) is 0.704. The van der Waals surface area contributed by atoms with Crippen molar-refractivity contribution in [2.75, 3.05) is 0 Å². The molecule has 1 aromatic carbocycles. The third-order valence-corrected chi connectivity index (χ3v) is 3.76. The highest BCUT2D eigenvalue weighted by molar-refractivity contribution is 6.30. The number of H-pyrrole nitrogens is 1. The molecule has 0 saturated heterocycles. The van der Waals surface area contributed by atoms with Crippen LogP contribution in [0.1, 0.15) is 30.3 Å². The summed E-state index contributed by atoms with van der Waals surface area (Å²) in [6.45, 7) is 1.53. The molecule has 0 spiro atoms. The molecule has 0 aliphatic rings. The molecular weight excluding hydrogens is 348 g/mol. The van der Waals surface area contributed by atoms with E-state index in [1.165, 1.54) is 10.8 Å². The van der Waals surface area contributed by atoms with Crippen LogP contribution >= 0.6 is 11.6 Å². The van der Waals surface area contributed by atoms with Gasteiger partial charge in [-0.2, -0.15) is 4.98 Å². The zero-order chi connectivity index (χ0) is 18.9. The lowest BCUT2D eigenvalue weighted by molar-refractivity contribution is 0.174. The predicted octanol–water partition coefficient (Wildman–Crippen LogP) is 1.21. The van der Waals surface area contributed by atoms with Crippen molar-refractivity contribution < 1.29 is 11.0 Å². The Hall–Kier alpha value is -2.71. The zero-order valence-electron chi connectivity index (χ0n) is 14.2. The third-order valence-electron chi connectivity index (χ3n) is 3.51. The summed E-state index contributed by atoms with van der Waals surface area (Å²) in [7, 11) is 0. The Labute approximate surface area is 148 Å². The molecule has 0 aliphatic heterocycles. The largest absolute Gasteiger partial charge is 0.388 e. The van der Waals surface area contributed by atoms with Crippen LogP contribution in [-0.4, -0.2) is 24.8 Å². The lowest BCUT2D eigenvalue weighted by Gasteiger charge is -2.08. The highest BCUT2D eigenvalue weighted by Gasteiger charge is 2.14. The molecule has 0 aliphatic carbocycles. The van der Waals surface area contributed by atoms with Crippen LogP contribution in [0.2, 0.25) is 5.02 Å². The van der Waals surface area contributed by atoms with Crippen LogP contribution in [0.3, 0.4) is 0 Å². The first-order valence-electron chi connectivity index (χ1n) is 7.85. The fourth-order valence-electron chi connectivity index (χ4n) is 2.20. The molecule has 0 unspecified atom stereocenters. The maximum absolute atomic E-state index is 11.8. The zero-order valence-corrected chi connectivity index (χ0v) is 13.9. The number of nitrogens with one attached hydrogen (secondary N) is 1. The second kappa shape index (κ2) is 7.04. The Kier molecular flexibility index (Phi) is 4.45. The van der Waals surface area contributed by atoms with Gasteiger partial charge >= 0.3 is 5.69 Å².